The van der Waals surface area contributed by atoms with Gasteiger partial charge in [0.1, 0.15) is 5.82 Å². The van der Waals surface area contributed by atoms with E-state index < -0.39 is 10.0 Å². The Balaban J connectivity index is 2.10. The van der Waals surface area contributed by atoms with Crippen molar-refractivity contribution in [2.24, 2.45) is 0 Å². The Bertz CT molecular complexity index is 744. The number of aromatic nitrogens is 1. The molecular formula is C16H20ClN3O2S. The molecule has 7 heteroatoms. The Morgan fingerprint density at radius 1 is 1.13 bits per heavy atom. The van der Waals surface area contributed by atoms with Crippen LogP contribution in [0.15, 0.2) is 42.6 Å². The van der Waals surface area contributed by atoms with Gasteiger partial charge in [0.15, 0.2) is 0 Å². The maximum Gasteiger partial charge on any atom is 0.237 e. The summed E-state index contributed by atoms with van der Waals surface area (Å²) in [6.45, 7) is 5.79. The number of benzene rings is 1. The lowest BCUT2D eigenvalue weighted by atomic mass is 10.2. The molecular weight excluding hydrogens is 334 g/mol. The van der Waals surface area contributed by atoms with Crippen molar-refractivity contribution in [1.82, 2.24) is 4.98 Å². The fourth-order valence-corrected chi connectivity index (χ4v) is 3.71. The minimum atomic E-state index is -3.54. The molecule has 0 aliphatic heterocycles. The molecule has 0 aliphatic rings. The van der Waals surface area contributed by atoms with Crippen molar-refractivity contribution in [3.8, 4) is 0 Å². The topological polar surface area (TPSA) is 62.3 Å². The van der Waals surface area contributed by atoms with E-state index in [1.807, 2.05) is 13.8 Å². The van der Waals surface area contributed by atoms with E-state index in [4.69, 9.17) is 11.6 Å². The zero-order valence-electron chi connectivity index (χ0n) is 13.2. The van der Waals surface area contributed by atoms with E-state index in [0.29, 0.717) is 16.3 Å². The van der Waals surface area contributed by atoms with Gasteiger partial charge < -0.3 is 4.90 Å². The summed E-state index contributed by atoms with van der Waals surface area (Å²) in [5.41, 5.74) is 1.00. The average Bonchev–Trinajstić information content (AvgIpc) is 2.52. The molecule has 0 bridgehead atoms. The van der Waals surface area contributed by atoms with Crippen molar-refractivity contribution in [3.05, 3.63) is 53.2 Å². The van der Waals surface area contributed by atoms with Crippen LogP contribution in [0.1, 0.15) is 19.4 Å². The third-order valence-electron chi connectivity index (χ3n) is 3.41. The molecule has 124 valence electrons. The van der Waals surface area contributed by atoms with Crippen molar-refractivity contribution in [3.63, 3.8) is 0 Å². The van der Waals surface area contributed by atoms with Gasteiger partial charge in [-0.15, -0.1) is 0 Å². The summed E-state index contributed by atoms with van der Waals surface area (Å²) in [6, 6.07) is 10.4. The second-order valence-electron chi connectivity index (χ2n) is 5.03. The monoisotopic (exact) mass is 353 g/mol. The number of rotatable bonds is 7. The molecule has 0 atom stereocenters. The van der Waals surface area contributed by atoms with Crippen LogP contribution in [0.2, 0.25) is 5.02 Å². The number of hydrogen-bond donors (Lipinski definition) is 1. The summed E-state index contributed by atoms with van der Waals surface area (Å²) in [7, 11) is -3.54. The number of hydrogen-bond acceptors (Lipinski definition) is 4. The summed E-state index contributed by atoms with van der Waals surface area (Å²) in [6.07, 6.45) is 1.53. The average molecular weight is 354 g/mol. The minimum absolute atomic E-state index is 0.176. The van der Waals surface area contributed by atoms with Gasteiger partial charge >= 0.3 is 0 Å². The van der Waals surface area contributed by atoms with Crippen LogP contribution in [-0.4, -0.2) is 26.5 Å². The Kier molecular flexibility index (Phi) is 5.85. The smallest absolute Gasteiger partial charge is 0.237 e. The van der Waals surface area contributed by atoms with Gasteiger partial charge in [0.25, 0.3) is 0 Å². The van der Waals surface area contributed by atoms with Gasteiger partial charge in [-0.1, -0.05) is 29.8 Å². The molecule has 23 heavy (non-hydrogen) atoms. The van der Waals surface area contributed by atoms with E-state index >= 15 is 0 Å². The van der Waals surface area contributed by atoms with Gasteiger partial charge in [0, 0.05) is 18.1 Å². The van der Waals surface area contributed by atoms with E-state index in [1.165, 1.54) is 6.20 Å². The minimum Gasteiger partial charge on any atom is -0.357 e. The van der Waals surface area contributed by atoms with Gasteiger partial charge in [0.05, 0.1) is 17.6 Å². The van der Waals surface area contributed by atoms with Crippen LogP contribution in [0.25, 0.3) is 0 Å². The van der Waals surface area contributed by atoms with Crippen molar-refractivity contribution < 1.29 is 8.42 Å². The van der Waals surface area contributed by atoms with Gasteiger partial charge in [-0.2, -0.15) is 0 Å². The van der Waals surface area contributed by atoms with Crippen LogP contribution in [0.3, 0.4) is 0 Å². The van der Waals surface area contributed by atoms with Crippen LogP contribution < -0.4 is 9.62 Å². The van der Waals surface area contributed by atoms with Gasteiger partial charge in [0.2, 0.25) is 10.0 Å². The third kappa shape index (κ3) is 4.84. The first-order valence-electron chi connectivity index (χ1n) is 7.40. The lowest BCUT2D eigenvalue weighted by Crippen LogP contribution is -2.23. The van der Waals surface area contributed by atoms with Gasteiger partial charge in [-0.3, -0.25) is 4.72 Å². The zero-order chi connectivity index (χ0) is 16.9. The molecule has 2 rings (SSSR count). The second kappa shape index (κ2) is 7.66. The van der Waals surface area contributed by atoms with Crippen LogP contribution in [0, 0.1) is 0 Å². The third-order valence-corrected chi connectivity index (χ3v) is 5.02. The SMILES string of the molecule is CCN(CC)c1ccc(NS(=O)(=O)Cc2ccccc2Cl)cn1. The highest BCUT2D eigenvalue weighted by Gasteiger charge is 2.14. The first-order chi connectivity index (χ1) is 10.9. The first kappa shape index (κ1) is 17.6. The Hall–Kier alpha value is -1.79. The van der Waals surface area contributed by atoms with E-state index in [1.54, 1.807) is 36.4 Å². The van der Waals surface area contributed by atoms with Gasteiger partial charge in [-0.25, -0.2) is 13.4 Å². The molecule has 0 saturated heterocycles. The van der Waals surface area contributed by atoms with E-state index in [0.717, 1.165) is 18.9 Å². The summed E-state index contributed by atoms with van der Waals surface area (Å²) in [5, 5.41) is 0.438. The van der Waals surface area contributed by atoms with E-state index in [9.17, 15) is 8.42 Å². The Morgan fingerprint density at radius 3 is 2.39 bits per heavy atom. The molecule has 1 heterocycles. The number of nitrogens with zero attached hydrogens (tertiary/aromatic N) is 2. The van der Waals surface area contributed by atoms with Crippen molar-refractivity contribution in [2.45, 2.75) is 19.6 Å². The fraction of sp³-hybridized carbons (Fsp3) is 0.312. The Labute approximate surface area is 142 Å². The molecule has 0 fully saturated rings. The highest BCUT2D eigenvalue weighted by Crippen LogP contribution is 2.20. The highest BCUT2D eigenvalue weighted by atomic mass is 35.5. The molecule has 2 aromatic rings. The van der Waals surface area contributed by atoms with Crippen LogP contribution in [-0.2, 0) is 15.8 Å². The summed E-state index contributed by atoms with van der Waals surface area (Å²) in [4.78, 5) is 6.39. The quantitative estimate of drug-likeness (QED) is 0.827. The van der Waals surface area contributed by atoms with Crippen molar-refractivity contribution in [2.75, 3.05) is 22.7 Å². The van der Waals surface area contributed by atoms with Crippen LogP contribution in [0.5, 0.6) is 0 Å². The lowest BCUT2D eigenvalue weighted by molar-refractivity contribution is 0.600. The first-order valence-corrected chi connectivity index (χ1v) is 9.43. The van der Waals surface area contributed by atoms with Crippen molar-refractivity contribution in [1.29, 1.82) is 0 Å². The fourth-order valence-electron chi connectivity index (χ4n) is 2.22. The lowest BCUT2D eigenvalue weighted by Gasteiger charge is -2.19. The molecule has 0 unspecified atom stereocenters. The molecule has 0 aliphatic carbocycles. The molecule has 1 aromatic heterocycles. The molecule has 0 saturated carbocycles. The van der Waals surface area contributed by atoms with Gasteiger partial charge in [-0.05, 0) is 37.6 Å². The molecule has 1 N–H and O–H groups in total. The highest BCUT2D eigenvalue weighted by molar-refractivity contribution is 7.91. The summed E-state index contributed by atoms with van der Waals surface area (Å²) in [5.74, 6) is 0.647. The largest absolute Gasteiger partial charge is 0.357 e. The number of halogens is 1. The normalized spacial score (nSPS) is 11.3. The summed E-state index contributed by atoms with van der Waals surface area (Å²) < 4.78 is 27.0. The van der Waals surface area contributed by atoms with Crippen molar-refractivity contribution >= 4 is 33.1 Å². The van der Waals surface area contributed by atoms with Crippen LogP contribution in [0.4, 0.5) is 11.5 Å². The maximum atomic E-state index is 12.2. The summed E-state index contributed by atoms with van der Waals surface area (Å²) >= 11 is 6.01. The molecule has 5 nitrogen and oxygen atoms in total. The Morgan fingerprint density at radius 2 is 1.83 bits per heavy atom. The number of nitrogens with one attached hydrogen (secondary N) is 1. The van der Waals surface area contributed by atoms with E-state index in [2.05, 4.69) is 14.6 Å². The second-order valence-corrected chi connectivity index (χ2v) is 7.16. The molecule has 0 amide bonds. The molecule has 1 aromatic carbocycles. The molecule has 0 spiro atoms. The predicted molar refractivity (Wildman–Crippen MR) is 95.5 cm³/mol. The zero-order valence-corrected chi connectivity index (χ0v) is 14.7. The number of sulfonamides is 1. The number of anilines is 2. The number of pyridine rings is 1. The molecule has 0 radical (unpaired) electrons. The standard InChI is InChI=1S/C16H20ClN3O2S/c1-3-20(4-2)16-10-9-14(11-18-16)19-23(21,22)12-13-7-5-6-8-15(13)17/h5-11,19H,3-4,12H2,1-2H3. The van der Waals surface area contributed by atoms with Crippen LogP contribution >= 0.6 is 11.6 Å². The predicted octanol–water partition coefficient (Wildman–Crippen LogP) is 3.52. The van der Waals surface area contributed by atoms with E-state index in [-0.39, 0.29) is 5.75 Å². The maximum absolute atomic E-state index is 12.2.